The molecule has 0 saturated carbocycles. The molecule has 7 heteroatoms. The summed E-state index contributed by atoms with van der Waals surface area (Å²) in [6.45, 7) is 0. The van der Waals surface area contributed by atoms with Crippen LogP contribution in [0.4, 0.5) is 33.3 Å². The van der Waals surface area contributed by atoms with E-state index in [9.17, 15) is 22.0 Å². The number of rotatable bonds is 1. The zero-order chi connectivity index (χ0) is 11.8. The molecule has 1 aromatic carbocycles. The van der Waals surface area contributed by atoms with Gasteiger partial charge in [0.15, 0.2) is 0 Å². The van der Waals surface area contributed by atoms with E-state index in [1.807, 2.05) is 0 Å². The molecule has 1 aromatic rings. The largest absolute Gasteiger partial charge is 0.418 e. The third kappa shape index (κ3) is 2.11. The first kappa shape index (κ1) is 11.5. The molecule has 0 aliphatic rings. The zero-order valence-corrected chi connectivity index (χ0v) is 7.28. The topological polar surface area (TPSA) is 52.0 Å². The highest BCUT2D eigenvalue weighted by molar-refractivity contribution is 5.70. The summed E-state index contributed by atoms with van der Waals surface area (Å²) in [6.07, 6.45) is -8.19. The Balaban J connectivity index is 3.49. The Morgan fingerprint density at radius 3 is 2.00 bits per heavy atom. The number of halogens is 5. The van der Waals surface area contributed by atoms with E-state index < -0.39 is 29.4 Å². The lowest BCUT2D eigenvalue weighted by Gasteiger charge is -2.16. The number of alkyl halides is 5. The van der Waals surface area contributed by atoms with Crippen LogP contribution in [0.5, 0.6) is 0 Å². The van der Waals surface area contributed by atoms with Crippen molar-refractivity contribution in [3.05, 3.63) is 23.3 Å². The van der Waals surface area contributed by atoms with E-state index in [1.165, 1.54) is 0 Å². The molecule has 0 bridgehead atoms. The summed E-state index contributed by atoms with van der Waals surface area (Å²) < 4.78 is 61.7. The third-order valence-electron chi connectivity index (χ3n) is 1.83. The molecule has 84 valence electrons. The Hall–Kier alpha value is -1.53. The lowest BCUT2D eigenvalue weighted by molar-refractivity contribution is -0.138. The van der Waals surface area contributed by atoms with Gasteiger partial charge in [-0.3, -0.25) is 0 Å². The van der Waals surface area contributed by atoms with Gasteiger partial charge in [-0.15, -0.1) is 0 Å². The molecule has 0 atom stereocenters. The van der Waals surface area contributed by atoms with Gasteiger partial charge in [0.1, 0.15) is 0 Å². The van der Waals surface area contributed by atoms with Gasteiger partial charge in [0.25, 0.3) is 6.43 Å². The van der Waals surface area contributed by atoms with Crippen molar-refractivity contribution in [2.45, 2.75) is 12.6 Å². The number of hydrogen-bond donors (Lipinski definition) is 2. The number of benzene rings is 1. The van der Waals surface area contributed by atoms with Crippen LogP contribution in [-0.4, -0.2) is 0 Å². The average molecular weight is 226 g/mol. The van der Waals surface area contributed by atoms with E-state index in [4.69, 9.17) is 11.5 Å². The fraction of sp³-hybridized carbons (Fsp3) is 0.250. The van der Waals surface area contributed by atoms with Gasteiger partial charge in [-0.05, 0) is 6.07 Å². The van der Waals surface area contributed by atoms with Gasteiger partial charge in [-0.25, -0.2) is 8.78 Å². The Labute approximate surface area is 81.7 Å². The molecule has 0 radical (unpaired) electrons. The van der Waals surface area contributed by atoms with Gasteiger partial charge >= 0.3 is 6.18 Å². The maximum atomic E-state index is 12.4. The van der Waals surface area contributed by atoms with Crippen LogP contribution in [0.2, 0.25) is 0 Å². The molecule has 1 rings (SSSR count). The second kappa shape index (κ2) is 3.56. The van der Waals surface area contributed by atoms with Crippen molar-refractivity contribution in [3.63, 3.8) is 0 Å². The van der Waals surface area contributed by atoms with Crippen LogP contribution in [0.25, 0.3) is 0 Å². The van der Waals surface area contributed by atoms with E-state index in [0.29, 0.717) is 6.07 Å². The van der Waals surface area contributed by atoms with Crippen LogP contribution >= 0.6 is 0 Å². The predicted octanol–water partition coefficient (Wildman–Crippen LogP) is 2.81. The van der Waals surface area contributed by atoms with Gasteiger partial charge in [0.2, 0.25) is 0 Å². The van der Waals surface area contributed by atoms with E-state index in [0.717, 1.165) is 6.07 Å². The molecular weight excluding hydrogens is 219 g/mol. The molecule has 0 aliphatic heterocycles. The van der Waals surface area contributed by atoms with Crippen molar-refractivity contribution in [2.24, 2.45) is 0 Å². The second-order valence-corrected chi connectivity index (χ2v) is 2.83. The molecular formula is C8H7F5N2. The highest BCUT2D eigenvalue weighted by atomic mass is 19.4. The Morgan fingerprint density at radius 1 is 1.07 bits per heavy atom. The van der Waals surface area contributed by atoms with Crippen molar-refractivity contribution in [1.82, 2.24) is 0 Å². The molecule has 0 spiro atoms. The molecule has 15 heavy (non-hydrogen) atoms. The van der Waals surface area contributed by atoms with Crippen LogP contribution in [0, 0.1) is 0 Å². The van der Waals surface area contributed by atoms with Gasteiger partial charge in [0, 0.05) is 5.56 Å². The molecule has 0 fully saturated rings. The third-order valence-corrected chi connectivity index (χ3v) is 1.83. The molecule has 0 aromatic heterocycles. The lowest BCUT2D eigenvalue weighted by Crippen LogP contribution is -2.14. The maximum absolute atomic E-state index is 12.4. The summed E-state index contributed by atoms with van der Waals surface area (Å²) in [4.78, 5) is 0. The number of nitrogens with two attached hydrogens (primary N) is 2. The van der Waals surface area contributed by atoms with E-state index in [-0.39, 0.29) is 5.69 Å². The summed E-state index contributed by atoms with van der Waals surface area (Å²) in [5.74, 6) is 0. The molecule has 2 nitrogen and oxygen atoms in total. The van der Waals surface area contributed by atoms with Crippen LogP contribution < -0.4 is 11.5 Å². The minimum atomic E-state index is -4.94. The fourth-order valence-electron chi connectivity index (χ4n) is 1.15. The quantitative estimate of drug-likeness (QED) is 0.571. The molecule has 0 saturated heterocycles. The van der Waals surface area contributed by atoms with Crippen LogP contribution in [0.3, 0.4) is 0 Å². The first-order valence-electron chi connectivity index (χ1n) is 3.78. The number of nitrogen functional groups attached to an aromatic ring is 2. The van der Waals surface area contributed by atoms with Crippen molar-refractivity contribution >= 4 is 11.4 Å². The van der Waals surface area contributed by atoms with Crippen LogP contribution in [0.15, 0.2) is 12.1 Å². The molecule has 0 unspecified atom stereocenters. The molecule has 0 aliphatic carbocycles. The van der Waals surface area contributed by atoms with Crippen LogP contribution in [0.1, 0.15) is 17.6 Å². The number of anilines is 2. The van der Waals surface area contributed by atoms with Crippen LogP contribution in [-0.2, 0) is 6.18 Å². The van der Waals surface area contributed by atoms with E-state index in [1.54, 1.807) is 0 Å². The lowest BCUT2D eigenvalue weighted by atomic mass is 10.0. The summed E-state index contributed by atoms with van der Waals surface area (Å²) >= 11 is 0. The van der Waals surface area contributed by atoms with E-state index in [2.05, 4.69) is 0 Å². The second-order valence-electron chi connectivity index (χ2n) is 2.83. The summed E-state index contributed by atoms with van der Waals surface area (Å²) in [6, 6.07) is 1.55. The van der Waals surface area contributed by atoms with Crippen molar-refractivity contribution in [1.29, 1.82) is 0 Å². The maximum Gasteiger partial charge on any atom is 0.418 e. The molecule has 0 heterocycles. The predicted molar refractivity (Wildman–Crippen MR) is 45.2 cm³/mol. The zero-order valence-electron chi connectivity index (χ0n) is 7.28. The summed E-state index contributed by atoms with van der Waals surface area (Å²) in [7, 11) is 0. The summed E-state index contributed by atoms with van der Waals surface area (Å²) in [5.41, 5.74) is 6.20. The first-order chi connectivity index (χ1) is 6.75. The SMILES string of the molecule is Nc1ccc(C(F)F)c(C(F)(F)F)c1N. The first-order valence-corrected chi connectivity index (χ1v) is 3.78. The highest BCUT2D eigenvalue weighted by Crippen LogP contribution is 2.41. The van der Waals surface area contributed by atoms with Crippen molar-refractivity contribution in [3.8, 4) is 0 Å². The Kier molecular flexibility index (Phi) is 2.74. The normalized spacial score (nSPS) is 12.1. The fourth-order valence-corrected chi connectivity index (χ4v) is 1.15. The van der Waals surface area contributed by atoms with E-state index >= 15 is 0 Å². The highest BCUT2D eigenvalue weighted by Gasteiger charge is 2.38. The van der Waals surface area contributed by atoms with Gasteiger partial charge in [0.05, 0.1) is 16.9 Å². The van der Waals surface area contributed by atoms with Gasteiger partial charge < -0.3 is 11.5 Å². The van der Waals surface area contributed by atoms with Gasteiger partial charge in [-0.2, -0.15) is 13.2 Å². The van der Waals surface area contributed by atoms with Crippen molar-refractivity contribution < 1.29 is 22.0 Å². The van der Waals surface area contributed by atoms with Crippen molar-refractivity contribution in [2.75, 3.05) is 11.5 Å². The molecule has 4 N–H and O–H groups in total. The molecule has 0 amide bonds. The minimum absolute atomic E-state index is 0.369. The smallest absolute Gasteiger partial charge is 0.397 e. The Morgan fingerprint density at radius 2 is 1.60 bits per heavy atom. The minimum Gasteiger partial charge on any atom is -0.397 e. The van der Waals surface area contributed by atoms with Gasteiger partial charge in [-0.1, -0.05) is 6.07 Å². The Bertz CT molecular complexity index is 372. The standard InChI is InChI=1S/C8H7F5N2/c9-7(10)3-1-2-4(14)6(15)5(3)8(11,12)13/h1-2,7H,14-15H2. The average Bonchev–Trinajstić information content (AvgIpc) is 2.06. The summed E-state index contributed by atoms with van der Waals surface area (Å²) in [5, 5.41) is 0. The number of hydrogen-bond acceptors (Lipinski definition) is 2. The monoisotopic (exact) mass is 226 g/mol.